The topological polar surface area (TPSA) is 110 Å². The van der Waals surface area contributed by atoms with Crippen LogP contribution >= 0.6 is 0 Å². The third kappa shape index (κ3) is 8.66. The Morgan fingerprint density at radius 3 is 2.49 bits per heavy atom. The second-order valence-electron chi connectivity index (χ2n) is 11.1. The largest absolute Gasteiger partial charge is 0.493 e. The molecule has 222 valence electrons. The molecular weight excluding hydrogens is 532 g/mol. The summed E-state index contributed by atoms with van der Waals surface area (Å²) in [5.74, 6) is 0.185. The standard InChI is InChI=1S/C29H39F2N7O3/c1-19(2)14-25-35-27(36-41-25)21-17-33-29(34-18-21)38-10-7-20(8-11-38)6-5-13-40-22-15-23(30)26(24(31)16-22)28(39)32-9-12-37(3)4/h15-20H,5-14H2,1-4H3,(H,32,39). The van der Waals surface area contributed by atoms with Gasteiger partial charge >= 0.3 is 0 Å². The summed E-state index contributed by atoms with van der Waals surface area (Å²) in [6.45, 7) is 7.09. The zero-order chi connectivity index (χ0) is 29.4. The minimum absolute atomic E-state index is 0.0808. The lowest BCUT2D eigenvalue weighted by Gasteiger charge is -2.32. The molecule has 12 heteroatoms. The Labute approximate surface area is 239 Å². The van der Waals surface area contributed by atoms with Gasteiger partial charge in [0.1, 0.15) is 22.9 Å². The molecule has 0 radical (unpaired) electrons. The predicted molar refractivity (Wildman–Crippen MR) is 151 cm³/mol. The van der Waals surface area contributed by atoms with Gasteiger partial charge in [0.05, 0.1) is 12.2 Å². The molecule has 1 fully saturated rings. The first kappa shape index (κ1) is 30.3. The van der Waals surface area contributed by atoms with Crippen LogP contribution in [0.4, 0.5) is 14.7 Å². The minimum Gasteiger partial charge on any atom is -0.493 e. The van der Waals surface area contributed by atoms with Crippen molar-refractivity contribution in [1.82, 2.24) is 30.3 Å². The van der Waals surface area contributed by atoms with Crippen LogP contribution in [0, 0.1) is 23.5 Å². The molecule has 0 unspecified atom stereocenters. The van der Waals surface area contributed by atoms with E-state index in [2.05, 4.69) is 44.2 Å². The normalized spacial score (nSPS) is 14.2. The summed E-state index contributed by atoms with van der Waals surface area (Å²) in [7, 11) is 3.69. The van der Waals surface area contributed by atoms with Crippen LogP contribution in [-0.2, 0) is 6.42 Å². The molecule has 0 bridgehead atoms. The number of anilines is 1. The van der Waals surface area contributed by atoms with Gasteiger partial charge in [-0.15, -0.1) is 0 Å². The maximum atomic E-state index is 14.5. The number of rotatable bonds is 13. The van der Waals surface area contributed by atoms with Gasteiger partial charge < -0.3 is 24.4 Å². The van der Waals surface area contributed by atoms with Crippen molar-refractivity contribution in [3.8, 4) is 17.1 Å². The molecule has 1 N–H and O–H groups in total. The molecular formula is C29H39F2N7O3. The molecule has 1 aromatic carbocycles. The average Bonchev–Trinajstić information content (AvgIpc) is 3.39. The van der Waals surface area contributed by atoms with Crippen LogP contribution in [-0.4, -0.2) is 77.8 Å². The van der Waals surface area contributed by atoms with E-state index in [-0.39, 0.29) is 5.75 Å². The lowest BCUT2D eigenvalue weighted by molar-refractivity contribution is 0.0942. The molecule has 41 heavy (non-hydrogen) atoms. The number of amides is 1. The van der Waals surface area contributed by atoms with Gasteiger partial charge in [-0.05, 0) is 51.6 Å². The minimum atomic E-state index is -0.932. The summed E-state index contributed by atoms with van der Waals surface area (Å²) in [6.07, 6.45) is 7.88. The lowest BCUT2D eigenvalue weighted by atomic mass is 9.92. The van der Waals surface area contributed by atoms with Crippen molar-refractivity contribution in [3.05, 3.63) is 47.6 Å². The van der Waals surface area contributed by atoms with Gasteiger partial charge in [0, 0.05) is 57.1 Å². The van der Waals surface area contributed by atoms with Crippen molar-refractivity contribution in [2.45, 2.75) is 46.0 Å². The fourth-order valence-corrected chi connectivity index (χ4v) is 4.72. The van der Waals surface area contributed by atoms with Gasteiger partial charge in [0.25, 0.3) is 5.91 Å². The van der Waals surface area contributed by atoms with E-state index in [4.69, 9.17) is 9.26 Å². The number of hydrogen-bond donors (Lipinski definition) is 1. The van der Waals surface area contributed by atoms with E-state index in [9.17, 15) is 13.6 Å². The molecule has 3 heterocycles. The molecule has 10 nitrogen and oxygen atoms in total. The fraction of sp³-hybridized carbons (Fsp3) is 0.552. The highest BCUT2D eigenvalue weighted by Gasteiger charge is 2.22. The number of piperidine rings is 1. The molecule has 1 aliphatic rings. The number of nitrogens with one attached hydrogen (secondary N) is 1. The van der Waals surface area contributed by atoms with Crippen molar-refractivity contribution < 1.29 is 22.8 Å². The predicted octanol–water partition coefficient (Wildman–Crippen LogP) is 4.37. The van der Waals surface area contributed by atoms with Crippen LogP contribution in [0.3, 0.4) is 0 Å². The van der Waals surface area contributed by atoms with Crippen molar-refractivity contribution in [2.75, 3.05) is 51.8 Å². The van der Waals surface area contributed by atoms with Gasteiger partial charge in [-0.1, -0.05) is 19.0 Å². The molecule has 0 saturated carbocycles. The number of carbonyl (C=O) groups excluding carboxylic acids is 1. The SMILES string of the molecule is CC(C)Cc1nc(-c2cnc(N3CCC(CCCOc4cc(F)c(C(=O)NCCN(C)C)c(F)c4)CC3)nc2)no1. The van der Waals surface area contributed by atoms with Crippen LogP contribution in [0.2, 0.25) is 0 Å². The molecule has 1 amide bonds. The monoisotopic (exact) mass is 571 g/mol. The molecule has 3 aromatic rings. The summed E-state index contributed by atoms with van der Waals surface area (Å²) in [6, 6.07) is 2.13. The van der Waals surface area contributed by atoms with Crippen LogP contribution in [0.15, 0.2) is 29.0 Å². The van der Waals surface area contributed by atoms with Gasteiger partial charge in [-0.2, -0.15) is 4.98 Å². The average molecular weight is 572 g/mol. The number of carbonyl (C=O) groups is 1. The van der Waals surface area contributed by atoms with Crippen LogP contribution in [0.1, 0.15) is 55.8 Å². The van der Waals surface area contributed by atoms with Crippen LogP contribution in [0.5, 0.6) is 5.75 Å². The Hall–Kier alpha value is -3.67. The van der Waals surface area contributed by atoms with Gasteiger partial charge in [-0.25, -0.2) is 18.7 Å². The second-order valence-corrected chi connectivity index (χ2v) is 11.1. The maximum Gasteiger partial charge on any atom is 0.257 e. The first-order valence-electron chi connectivity index (χ1n) is 14.1. The Balaban J connectivity index is 1.18. The summed E-state index contributed by atoms with van der Waals surface area (Å²) in [5, 5.41) is 6.56. The Morgan fingerprint density at radius 2 is 1.85 bits per heavy atom. The van der Waals surface area contributed by atoms with E-state index in [1.54, 1.807) is 12.4 Å². The molecule has 0 aliphatic carbocycles. The molecule has 2 aromatic heterocycles. The molecule has 1 saturated heterocycles. The number of hydrogen-bond acceptors (Lipinski definition) is 9. The molecule has 4 rings (SSSR count). The Kier molecular flexibility index (Phi) is 10.6. The summed E-state index contributed by atoms with van der Waals surface area (Å²) < 4.78 is 39.8. The van der Waals surface area contributed by atoms with E-state index < -0.39 is 23.1 Å². The van der Waals surface area contributed by atoms with Crippen LogP contribution in [0.25, 0.3) is 11.4 Å². The van der Waals surface area contributed by atoms with Crippen molar-refractivity contribution in [1.29, 1.82) is 0 Å². The number of benzene rings is 1. The van der Waals surface area contributed by atoms with Gasteiger partial charge in [-0.3, -0.25) is 4.79 Å². The van der Waals surface area contributed by atoms with Crippen molar-refractivity contribution in [3.63, 3.8) is 0 Å². The Bertz CT molecular complexity index is 1250. The summed E-state index contributed by atoms with van der Waals surface area (Å²) in [5.41, 5.74) is 0.132. The third-order valence-corrected chi connectivity index (χ3v) is 6.96. The number of aromatic nitrogens is 4. The molecule has 0 atom stereocenters. The van der Waals surface area contributed by atoms with E-state index in [1.165, 1.54) is 0 Å². The highest BCUT2D eigenvalue weighted by molar-refractivity contribution is 5.94. The molecule has 0 spiro atoms. The third-order valence-electron chi connectivity index (χ3n) is 6.96. The summed E-state index contributed by atoms with van der Waals surface area (Å²) >= 11 is 0. The number of ether oxygens (including phenoxy) is 1. The Morgan fingerprint density at radius 1 is 1.17 bits per heavy atom. The first-order chi connectivity index (χ1) is 19.7. The quantitative estimate of drug-likeness (QED) is 0.299. The maximum absolute atomic E-state index is 14.5. The van der Waals surface area contributed by atoms with E-state index in [0.29, 0.717) is 49.2 Å². The zero-order valence-corrected chi connectivity index (χ0v) is 24.2. The van der Waals surface area contributed by atoms with Crippen LogP contribution < -0.4 is 15.0 Å². The lowest BCUT2D eigenvalue weighted by Crippen LogP contribution is -2.34. The van der Waals surface area contributed by atoms with Crippen molar-refractivity contribution in [2.24, 2.45) is 11.8 Å². The smallest absolute Gasteiger partial charge is 0.257 e. The van der Waals surface area contributed by atoms with Gasteiger partial charge in [0.15, 0.2) is 0 Å². The number of halogens is 2. The second kappa shape index (κ2) is 14.3. The van der Waals surface area contributed by atoms with E-state index in [1.807, 2.05) is 19.0 Å². The van der Waals surface area contributed by atoms with Crippen molar-refractivity contribution >= 4 is 11.9 Å². The van der Waals surface area contributed by atoms with E-state index in [0.717, 1.165) is 62.9 Å². The number of likely N-dealkylation sites (N-methyl/N-ethyl adjacent to an activating group) is 1. The highest BCUT2D eigenvalue weighted by Crippen LogP contribution is 2.26. The first-order valence-corrected chi connectivity index (χ1v) is 14.1. The summed E-state index contributed by atoms with van der Waals surface area (Å²) in [4.78, 5) is 29.7. The number of nitrogens with zero attached hydrogens (tertiary/aromatic N) is 6. The zero-order valence-electron chi connectivity index (χ0n) is 24.2. The van der Waals surface area contributed by atoms with Gasteiger partial charge in [0.2, 0.25) is 17.7 Å². The van der Waals surface area contributed by atoms with E-state index >= 15 is 0 Å². The molecule has 1 aliphatic heterocycles. The highest BCUT2D eigenvalue weighted by atomic mass is 19.1. The fourth-order valence-electron chi connectivity index (χ4n) is 4.72.